The summed E-state index contributed by atoms with van der Waals surface area (Å²) in [5, 5.41) is 17.6. The summed E-state index contributed by atoms with van der Waals surface area (Å²) in [7, 11) is -3.70. The van der Waals surface area contributed by atoms with Gasteiger partial charge in [-0.1, -0.05) is 6.07 Å². The van der Waals surface area contributed by atoms with Crippen molar-refractivity contribution in [3.63, 3.8) is 0 Å². The summed E-state index contributed by atoms with van der Waals surface area (Å²) < 4.78 is 46.5. The van der Waals surface area contributed by atoms with Crippen LogP contribution in [0, 0.1) is 17.3 Å². The number of nitrogens with zero attached hydrogens (tertiary/aromatic N) is 3. The van der Waals surface area contributed by atoms with Crippen molar-refractivity contribution < 1.29 is 17.5 Å². The number of nitriles is 1. The third kappa shape index (κ3) is 5.58. The molecular formula is C23H28FN5O3S2. The number of ether oxygens (including phenoxy) is 1. The fourth-order valence-corrected chi connectivity index (χ4v) is 6.89. The summed E-state index contributed by atoms with van der Waals surface area (Å²) in [6.07, 6.45) is 5.16. The Hall–Kier alpha value is -2.52. The number of guanidine groups is 1. The fraction of sp³-hybridized carbons (Fsp3) is 0.478. The molecule has 11 heteroatoms. The molecule has 1 atom stereocenters. The van der Waals surface area contributed by atoms with Crippen LogP contribution in [0.1, 0.15) is 30.6 Å². The van der Waals surface area contributed by atoms with Gasteiger partial charge in [0, 0.05) is 43.1 Å². The van der Waals surface area contributed by atoms with Gasteiger partial charge in [0.05, 0.1) is 11.0 Å². The highest BCUT2D eigenvalue weighted by Crippen LogP contribution is 2.39. The largest absolute Gasteiger partial charge is 0.376 e. The van der Waals surface area contributed by atoms with E-state index in [1.54, 1.807) is 11.3 Å². The van der Waals surface area contributed by atoms with Crippen LogP contribution in [0.4, 0.5) is 4.39 Å². The van der Waals surface area contributed by atoms with Gasteiger partial charge in [-0.15, -0.1) is 16.3 Å². The predicted octanol–water partition coefficient (Wildman–Crippen LogP) is 2.80. The Morgan fingerprint density at radius 2 is 2.03 bits per heavy atom. The van der Waals surface area contributed by atoms with Crippen LogP contribution >= 0.6 is 11.3 Å². The SMILES string of the molecule is N#C/N=C(\NCC1CCCO1)NCC1(c2cccs2)CCN(S(=O)(=O)c2ccc(F)cc2)CC1. The fourth-order valence-electron chi connectivity index (χ4n) is 4.46. The molecule has 2 fully saturated rings. The Morgan fingerprint density at radius 1 is 1.26 bits per heavy atom. The predicted molar refractivity (Wildman–Crippen MR) is 128 cm³/mol. The van der Waals surface area contributed by atoms with Gasteiger partial charge >= 0.3 is 0 Å². The third-order valence-corrected chi connectivity index (χ3v) is 9.48. The van der Waals surface area contributed by atoms with Gasteiger partial charge in [0.15, 0.2) is 0 Å². The molecule has 34 heavy (non-hydrogen) atoms. The number of halogens is 1. The Balaban J connectivity index is 1.45. The van der Waals surface area contributed by atoms with Crippen LogP contribution < -0.4 is 10.6 Å². The van der Waals surface area contributed by atoms with Gasteiger partial charge in [-0.05, 0) is 61.4 Å². The van der Waals surface area contributed by atoms with E-state index in [0.29, 0.717) is 45.0 Å². The van der Waals surface area contributed by atoms with Gasteiger partial charge in [-0.3, -0.25) is 0 Å². The van der Waals surface area contributed by atoms with E-state index < -0.39 is 15.8 Å². The van der Waals surface area contributed by atoms with E-state index in [1.165, 1.54) is 16.4 Å². The van der Waals surface area contributed by atoms with Crippen LogP contribution in [-0.2, 0) is 20.2 Å². The zero-order valence-electron chi connectivity index (χ0n) is 18.7. The van der Waals surface area contributed by atoms with Crippen LogP contribution in [0.25, 0.3) is 0 Å². The van der Waals surface area contributed by atoms with Crippen molar-refractivity contribution in [1.82, 2.24) is 14.9 Å². The minimum atomic E-state index is -3.70. The number of hydrogen-bond acceptors (Lipinski definition) is 6. The molecule has 0 aliphatic carbocycles. The molecule has 2 aliphatic heterocycles. The van der Waals surface area contributed by atoms with Crippen LogP contribution in [0.3, 0.4) is 0 Å². The third-order valence-electron chi connectivity index (χ3n) is 6.45. The van der Waals surface area contributed by atoms with E-state index in [1.807, 2.05) is 17.6 Å². The van der Waals surface area contributed by atoms with Crippen LogP contribution in [0.15, 0.2) is 51.7 Å². The molecule has 2 aromatic rings. The van der Waals surface area contributed by atoms with Crippen molar-refractivity contribution in [2.45, 2.75) is 42.1 Å². The summed E-state index contributed by atoms with van der Waals surface area (Å²) in [5.41, 5.74) is -0.301. The molecule has 4 rings (SSSR count). The van der Waals surface area contributed by atoms with Crippen LogP contribution in [0.2, 0.25) is 0 Å². The summed E-state index contributed by atoms with van der Waals surface area (Å²) >= 11 is 1.64. The topological polar surface area (TPSA) is 107 Å². The molecule has 2 saturated heterocycles. The zero-order chi connectivity index (χ0) is 24.0. The molecule has 0 amide bonds. The van der Waals surface area contributed by atoms with Crippen molar-refractivity contribution in [2.24, 2.45) is 4.99 Å². The number of benzene rings is 1. The van der Waals surface area contributed by atoms with Crippen molar-refractivity contribution in [3.05, 3.63) is 52.5 Å². The van der Waals surface area contributed by atoms with E-state index in [-0.39, 0.29) is 16.4 Å². The number of aliphatic imine (C=N–C) groups is 1. The molecule has 0 spiro atoms. The Morgan fingerprint density at radius 3 is 2.65 bits per heavy atom. The zero-order valence-corrected chi connectivity index (χ0v) is 20.4. The summed E-state index contributed by atoms with van der Waals surface area (Å²) in [4.78, 5) is 5.15. The average Bonchev–Trinajstić information content (AvgIpc) is 3.56. The second-order valence-electron chi connectivity index (χ2n) is 8.55. The lowest BCUT2D eigenvalue weighted by Crippen LogP contribution is -2.52. The molecule has 2 N–H and O–H groups in total. The highest BCUT2D eigenvalue weighted by Gasteiger charge is 2.40. The number of rotatable bonds is 7. The van der Waals surface area contributed by atoms with Crippen molar-refractivity contribution in [1.29, 1.82) is 5.26 Å². The summed E-state index contributed by atoms with van der Waals surface area (Å²) in [5.74, 6) is -0.0707. The Kier molecular flexibility index (Phi) is 7.83. The summed E-state index contributed by atoms with van der Waals surface area (Å²) in [6, 6.07) is 8.99. The van der Waals surface area contributed by atoms with Gasteiger partial charge in [-0.25, -0.2) is 12.8 Å². The first-order valence-corrected chi connectivity index (χ1v) is 13.6. The average molecular weight is 506 g/mol. The monoisotopic (exact) mass is 505 g/mol. The Bertz CT molecular complexity index is 1120. The quantitative estimate of drug-likeness (QED) is 0.341. The van der Waals surface area contributed by atoms with Crippen LogP contribution in [-0.4, -0.2) is 57.6 Å². The number of sulfonamides is 1. The molecule has 1 aromatic heterocycles. The molecule has 182 valence electrons. The molecule has 0 radical (unpaired) electrons. The van der Waals surface area contributed by atoms with E-state index in [4.69, 9.17) is 10.00 Å². The molecule has 1 aromatic carbocycles. The highest BCUT2D eigenvalue weighted by molar-refractivity contribution is 7.89. The maximum absolute atomic E-state index is 13.3. The first kappa shape index (κ1) is 24.6. The smallest absolute Gasteiger partial charge is 0.243 e. The van der Waals surface area contributed by atoms with Crippen molar-refractivity contribution in [2.75, 3.05) is 32.8 Å². The summed E-state index contributed by atoms with van der Waals surface area (Å²) in [6.45, 7) is 2.52. The molecule has 3 heterocycles. The lowest BCUT2D eigenvalue weighted by Gasteiger charge is -2.41. The van der Waals surface area contributed by atoms with Gasteiger partial charge in [-0.2, -0.15) is 9.57 Å². The second-order valence-corrected chi connectivity index (χ2v) is 11.4. The van der Waals surface area contributed by atoms with E-state index in [9.17, 15) is 12.8 Å². The number of hydrogen-bond donors (Lipinski definition) is 2. The van der Waals surface area contributed by atoms with Crippen molar-refractivity contribution >= 4 is 27.3 Å². The number of nitrogens with one attached hydrogen (secondary N) is 2. The van der Waals surface area contributed by atoms with E-state index in [2.05, 4.69) is 21.7 Å². The minimum absolute atomic E-state index is 0.0948. The lowest BCUT2D eigenvalue weighted by atomic mass is 9.77. The minimum Gasteiger partial charge on any atom is -0.376 e. The lowest BCUT2D eigenvalue weighted by molar-refractivity contribution is 0.113. The van der Waals surface area contributed by atoms with Crippen molar-refractivity contribution in [3.8, 4) is 6.19 Å². The molecule has 8 nitrogen and oxygen atoms in total. The standard InChI is InChI=1S/C23H28FN5O3S2/c24-18-5-7-20(8-6-18)34(30,31)29-11-9-23(10-12-29,21-4-2-14-33-21)16-27-22(28-17-25)26-15-19-3-1-13-32-19/h2,4-8,14,19H,1,3,9-13,15-16H2,(H2,26,27,28). The van der Waals surface area contributed by atoms with Gasteiger partial charge in [0.1, 0.15) is 5.82 Å². The Labute approximate surface area is 203 Å². The molecule has 0 bridgehead atoms. The molecular weight excluding hydrogens is 477 g/mol. The van der Waals surface area contributed by atoms with E-state index in [0.717, 1.165) is 36.5 Å². The van der Waals surface area contributed by atoms with Crippen LogP contribution in [0.5, 0.6) is 0 Å². The second kappa shape index (κ2) is 10.8. The molecule has 0 saturated carbocycles. The highest BCUT2D eigenvalue weighted by atomic mass is 32.2. The maximum Gasteiger partial charge on any atom is 0.243 e. The first-order valence-electron chi connectivity index (χ1n) is 11.3. The van der Waals surface area contributed by atoms with Gasteiger partial charge in [0.25, 0.3) is 0 Å². The molecule has 2 aliphatic rings. The maximum atomic E-state index is 13.3. The number of piperidine rings is 1. The molecule has 1 unspecified atom stereocenters. The van der Waals surface area contributed by atoms with Gasteiger partial charge in [0.2, 0.25) is 22.2 Å². The number of thiophene rings is 1. The first-order chi connectivity index (χ1) is 16.4. The van der Waals surface area contributed by atoms with E-state index >= 15 is 0 Å². The van der Waals surface area contributed by atoms with Gasteiger partial charge < -0.3 is 15.4 Å². The normalized spacial score (nSPS) is 21.2.